The summed E-state index contributed by atoms with van der Waals surface area (Å²) in [5, 5.41) is 0.661. The van der Waals surface area contributed by atoms with Gasteiger partial charge in [0.1, 0.15) is 12.4 Å². The van der Waals surface area contributed by atoms with E-state index in [0.717, 1.165) is 5.75 Å². The van der Waals surface area contributed by atoms with Gasteiger partial charge < -0.3 is 20.1 Å². The van der Waals surface area contributed by atoms with Gasteiger partial charge in [0, 0.05) is 25.8 Å². The van der Waals surface area contributed by atoms with Gasteiger partial charge in [-0.3, -0.25) is 4.79 Å². The van der Waals surface area contributed by atoms with E-state index in [1.807, 2.05) is 0 Å². The van der Waals surface area contributed by atoms with E-state index in [4.69, 9.17) is 26.8 Å². The number of carbonyl (C=O) groups is 1. The standard InChI is InChI=1S/C14H21ClN2O3/c1-17(14(18)13(16)7-9-19-2)8-10-20-12-5-3-11(15)4-6-12/h3-6,13H,7-10,16H2,1-2H3. The Balaban J connectivity index is 2.30. The fraction of sp³-hybridized carbons (Fsp3) is 0.500. The molecule has 0 saturated carbocycles. The fourth-order valence-electron chi connectivity index (χ4n) is 1.59. The van der Waals surface area contributed by atoms with Gasteiger partial charge in [-0.1, -0.05) is 11.6 Å². The molecule has 1 aromatic carbocycles. The van der Waals surface area contributed by atoms with Crippen LogP contribution >= 0.6 is 11.6 Å². The third kappa shape index (κ3) is 5.77. The minimum Gasteiger partial charge on any atom is -0.492 e. The fourth-order valence-corrected chi connectivity index (χ4v) is 1.72. The summed E-state index contributed by atoms with van der Waals surface area (Å²) in [6.45, 7) is 1.35. The number of nitrogens with zero attached hydrogens (tertiary/aromatic N) is 1. The SMILES string of the molecule is COCCC(N)C(=O)N(C)CCOc1ccc(Cl)cc1. The van der Waals surface area contributed by atoms with Crippen molar-refractivity contribution in [1.82, 2.24) is 4.90 Å². The van der Waals surface area contributed by atoms with Crippen molar-refractivity contribution in [2.75, 3.05) is 33.9 Å². The Morgan fingerprint density at radius 1 is 1.35 bits per heavy atom. The quantitative estimate of drug-likeness (QED) is 0.791. The van der Waals surface area contributed by atoms with Crippen LogP contribution in [0.1, 0.15) is 6.42 Å². The number of carbonyl (C=O) groups excluding carboxylic acids is 1. The highest BCUT2D eigenvalue weighted by Crippen LogP contribution is 2.15. The van der Waals surface area contributed by atoms with Gasteiger partial charge in [-0.25, -0.2) is 0 Å². The lowest BCUT2D eigenvalue weighted by Gasteiger charge is -2.21. The van der Waals surface area contributed by atoms with Gasteiger partial charge >= 0.3 is 0 Å². The molecule has 5 nitrogen and oxygen atoms in total. The summed E-state index contributed by atoms with van der Waals surface area (Å²) in [5.74, 6) is 0.612. The molecule has 112 valence electrons. The van der Waals surface area contributed by atoms with Crippen molar-refractivity contribution in [3.63, 3.8) is 0 Å². The largest absolute Gasteiger partial charge is 0.492 e. The molecule has 0 aliphatic rings. The lowest BCUT2D eigenvalue weighted by molar-refractivity contribution is -0.132. The summed E-state index contributed by atoms with van der Waals surface area (Å²) in [4.78, 5) is 13.5. The van der Waals surface area contributed by atoms with Gasteiger partial charge in [0.25, 0.3) is 0 Å². The Kier molecular flexibility index (Phi) is 7.36. The number of ether oxygens (including phenoxy) is 2. The van der Waals surface area contributed by atoms with Gasteiger partial charge in [0.15, 0.2) is 0 Å². The molecule has 1 unspecified atom stereocenters. The minimum atomic E-state index is -0.532. The van der Waals surface area contributed by atoms with Crippen LogP contribution in [0.3, 0.4) is 0 Å². The maximum atomic E-state index is 11.9. The van der Waals surface area contributed by atoms with Crippen molar-refractivity contribution >= 4 is 17.5 Å². The number of rotatable bonds is 8. The van der Waals surface area contributed by atoms with Crippen molar-refractivity contribution in [2.24, 2.45) is 5.73 Å². The molecule has 0 heterocycles. The highest BCUT2D eigenvalue weighted by molar-refractivity contribution is 6.30. The van der Waals surface area contributed by atoms with Crippen molar-refractivity contribution in [3.05, 3.63) is 29.3 Å². The first-order valence-corrected chi connectivity index (χ1v) is 6.80. The molecular weight excluding hydrogens is 280 g/mol. The Labute approximate surface area is 124 Å². The number of hydrogen-bond acceptors (Lipinski definition) is 4. The Morgan fingerprint density at radius 2 is 2.00 bits per heavy atom. The van der Waals surface area contributed by atoms with E-state index in [0.29, 0.717) is 31.2 Å². The van der Waals surface area contributed by atoms with E-state index in [2.05, 4.69) is 0 Å². The Hall–Kier alpha value is -1.30. The molecule has 0 aliphatic heterocycles. The molecule has 1 rings (SSSR count). The van der Waals surface area contributed by atoms with Crippen LogP contribution in [0.15, 0.2) is 24.3 Å². The van der Waals surface area contributed by atoms with Crippen LogP contribution in [0, 0.1) is 0 Å². The molecule has 0 aliphatic carbocycles. The van der Waals surface area contributed by atoms with Crippen LogP contribution in [0.2, 0.25) is 5.02 Å². The Bertz CT molecular complexity index is 411. The monoisotopic (exact) mass is 300 g/mol. The summed E-state index contributed by atoms with van der Waals surface area (Å²) < 4.78 is 10.4. The molecule has 0 fully saturated rings. The smallest absolute Gasteiger partial charge is 0.239 e. The maximum Gasteiger partial charge on any atom is 0.239 e. The first-order valence-electron chi connectivity index (χ1n) is 6.42. The van der Waals surface area contributed by atoms with Crippen molar-refractivity contribution in [2.45, 2.75) is 12.5 Å². The van der Waals surface area contributed by atoms with E-state index in [1.165, 1.54) is 0 Å². The van der Waals surface area contributed by atoms with Gasteiger partial charge in [-0.15, -0.1) is 0 Å². The average molecular weight is 301 g/mol. The van der Waals surface area contributed by atoms with Crippen LogP contribution in [0.5, 0.6) is 5.75 Å². The first-order chi connectivity index (χ1) is 9.54. The van der Waals surface area contributed by atoms with E-state index in [-0.39, 0.29) is 5.91 Å². The third-order valence-corrected chi connectivity index (χ3v) is 3.09. The number of methoxy groups -OCH3 is 1. The van der Waals surface area contributed by atoms with Gasteiger partial charge in [-0.05, 0) is 30.7 Å². The second-order valence-electron chi connectivity index (χ2n) is 4.45. The molecule has 6 heteroatoms. The number of benzene rings is 1. The number of amides is 1. The van der Waals surface area contributed by atoms with Gasteiger partial charge in [-0.2, -0.15) is 0 Å². The summed E-state index contributed by atoms with van der Waals surface area (Å²) in [6.07, 6.45) is 0.512. The van der Waals surface area contributed by atoms with Crippen LogP contribution in [0.4, 0.5) is 0 Å². The molecule has 1 atom stereocenters. The molecule has 20 heavy (non-hydrogen) atoms. The molecule has 0 radical (unpaired) electrons. The highest BCUT2D eigenvalue weighted by Gasteiger charge is 2.17. The maximum absolute atomic E-state index is 11.9. The lowest BCUT2D eigenvalue weighted by atomic mass is 10.2. The summed E-state index contributed by atoms with van der Waals surface area (Å²) in [6, 6.07) is 6.55. The van der Waals surface area contributed by atoms with Gasteiger partial charge in [0.05, 0.1) is 12.6 Å². The van der Waals surface area contributed by atoms with Crippen molar-refractivity contribution in [1.29, 1.82) is 0 Å². The summed E-state index contributed by atoms with van der Waals surface area (Å²) in [5.41, 5.74) is 5.78. The van der Waals surface area contributed by atoms with Crippen LogP contribution in [-0.2, 0) is 9.53 Å². The zero-order chi connectivity index (χ0) is 15.0. The highest BCUT2D eigenvalue weighted by atomic mass is 35.5. The predicted octanol–water partition coefficient (Wildman–Crippen LogP) is 1.54. The van der Waals surface area contributed by atoms with Crippen LogP contribution < -0.4 is 10.5 Å². The zero-order valence-corrected chi connectivity index (χ0v) is 12.6. The van der Waals surface area contributed by atoms with E-state index >= 15 is 0 Å². The third-order valence-electron chi connectivity index (χ3n) is 2.84. The van der Waals surface area contributed by atoms with E-state index in [9.17, 15) is 4.79 Å². The normalized spacial score (nSPS) is 12.0. The molecule has 1 amide bonds. The van der Waals surface area contributed by atoms with Crippen molar-refractivity contribution < 1.29 is 14.3 Å². The summed E-state index contributed by atoms with van der Waals surface area (Å²) in [7, 11) is 3.29. The molecule has 2 N–H and O–H groups in total. The minimum absolute atomic E-state index is 0.109. The van der Waals surface area contributed by atoms with Crippen molar-refractivity contribution in [3.8, 4) is 5.75 Å². The molecule has 0 bridgehead atoms. The molecule has 1 aromatic rings. The van der Waals surface area contributed by atoms with E-state index in [1.54, 1.807) is 43.3 Å². The first kappa shape index (κ1) is 16.8. The molecular formula is C14H21ClN2O3. The zero-order valence-electron chi connectivity index (χ0n) is 11.8. The Morgan fingerprint density at radius 3 is 2.60 bits per heavy atom. The summed E-state index contributed by atoms with van der Waals surface area (Å²) >= 11 is 5.78. The topological polar surface area (TPSA) is 64.8 Å². The van der Waals surface area contributed by atoms with E-state index < -0.39 is 6.04 Å². The number of likely N-dealkylation sites (N-methyl/N-ethyl adjacent to an activating group) is 1. The molecule has 0 aromatic heterocycles. The second kappa shape index (κ2) is 8.79. The lowest BCUT2D eigenvalue weighted by Crippen LogP contribution is -2.43. The average Bonchev–Trinajstić information content (AvgIpc) is 2.45. The van der Waals surface area contributed by atoms with Gasteiger partial charge in [0.2, 0.25) is 5.91 Å². The predicted molar refractivity (Wildman–Crippen MR) is 79.1 cm³/mol. The van der Waals surface area contributed by atoms with Crippen LogP contribution in [-0.4, -0.2) is 50.8 Å². The number of halogens is 1. The van der Waals surface area contributed by atoms with Crippen LogP contribution in [0.25, 0.3) is 0 Å². The molecule has 0 spiro atoms. The molecule has 0 saturated heterocycles. The number of nitrogens with two attached hydrogens (primary N) is 1. The second-order valence-corrected chi connectivity index (χ2v) is 4.89. The number of hydrogen-bond donors (Lipinski definition) is 1.